The lowest BCUT2D eigenvalue weighted by Gasteiger charge is -2.24. The van der Waals surface area contributed by atoms with E-state index >= 15 is 0 Å². The number of hydrogen-bond donors (Lipinski definition) is 1. The van der Waals surface area contributed by atoms with Gasteiger partial charge in [-0.05, 0) is 62.4 Å². The Hall–Kier alpha value is -0.580. The Bertz CT molecular complexity index is 486. The summed E-state index contributed by atoms with van der Waals surface area (Å²) in [6.45, 7) is 1.29. The zero-order valence-corrected chi connectivity index (χ0v) is 14.0. The first kappa shape index (κ1) is 15.3. The highest BCUT2D eigenvalue weighted by molar-refractivity contribution is 9.10. The third-order valence-electron chi connectivity index (χ3n) is 4.71. The van der Waals surface area contributed by atoms with Crippen molar-refractivity contribution in [2.75, 3.05) is 13.2 Å². The molecule has 1 aliphatic carbocycles. The maximum Gasteiger partial charge on any atom is 0.122 e. The van der Waals surface area contributed by atoms with Gasteiger partial charge in [0.1, 0.15) is 12.4 Å². The molecular weight excluding hydrogens is 330 g/mol. The molecule has 2 fully saturated rings. The highest BCUT2D eigenvalue weighted by Crippen LogP contribution is 2.43. The molecule has 1 aliphatic heterocycles. The topological polar surface area (TPSA) is 44.5 Å². The average Bonchev–Trinajstić information content (AvgIpc) is 3.09. The molecule has 1 atom stereocenters. The van der Waals surface area contributed by atoms with Gasteiger partial charge in [-0.1, -0.05) is 28.8 Å². The minimum Gasteiger partial charge on any atom is -0.491 e. The average molecular weight is 354 g/mol. The molecule has 4 heteroatoms. The van der Waals surface area contributed by atoms with Crippen molar-refractivity contribution in [3.8, 4) is 5.75 Å². The lowest BCUT2D eigenvalue weighted by molar-refractivity contribution is -0.0509. The van der Waals surface area contributed by atoms with Crippen molar-refractivity contribution < 1.29 is 9.47 Å². The summed E-state index contributed by atoms with van der Waals surface area (Å²) in [5.41, 5.74) is 7.04. The maximum atomic E-state index is 6.30. The summed E-state index contributed by atoms with van der Waals surface area (Å²) in [4.78, 5) is 0. The fourth-order valence-corrected chi connectivity index (χ4v) is 4.03. The standard InChI is InChI=1S/C17H24BrNO2/c18-14-3-4-16(13(11-14)6-10-19)20-12-15-5-9-17(21-15)7-1-2-8-17/h3-4,11,15H,1-2,5-10,12,19H2. The molecule has 1 saturated heterocycles. The van der Waals surface area contributed by atoms with Gasteiger partial charge in [-0.2, -0.15) is 0 Å². The Morgan fingerprint density at radius 2 is 2.10 bits per heavy atom. The van der Waals surface area contributed by atoms with Crippen LogP contribution in [0.5, 0.6) is 5.75 Å². The maximum absolute atomic E-state index is 6.30. The van der Waals surface area contributed by atoms with Crippen LogP contribution in [0.4, 0.5) is 0 Å². The van der Waals surface area contributed by atoms with Crippen LogP contribution in [-0.4, -0.2) is 24.9 Å². The number of hydrogen-bond acceptors (Lipinski definition) is 3. The van der Waals surface area contributed by atoms with Crippen LogP contribution in [0.25, 0.3) is 0 Å². The number of halogens is 1. The largest absolute Gasteiger partial charge is 0.491 e. The molecule has 2 N–H and O–H groups in total. The van der Waals surface area contributed by atoms with Gasteiger partial charge in [0.15, 0.2) is 0 Å². The van der Waals surface area contributed by atoms with Crippen LogP contribution in [0, 0.1) is 0 Å². The summed E-state index contributed by atoms with van der Waals surface area (Å²) in [6, 6.07) is 6.13. The van der Waals surface area contributed by atoms with Gasteiger partial charge in [-0.25, -0.2) is 0 Å². The predicted octanol–water partition coefficient (Wildman–Crippen LogP) is 3.82. The van der Waals surface area contributed by atoms with Gasteiger partial charge in [-0.15, -0.1) is 0 Å². The van der Waals surface area contributed by atoms with Crippen LogP contribution < -0.4 is 10.5 Å². The van der Waals surface area contributed by atoms with E-state index in [4.69, 9.17) is 15.2 Å². The van der Waals surface area contributed by atoms with E-state index in [-0.39, 0.29) is 11.7 Å². The summed E-state index contributed by atoms with van der Waals surface area (Å²) in [5, 5.41) is 0. The van der Waals surface area contributed by atoms with E-state index in [1.54, 1.807) is 0 Å². The normalized spacial score (nSPS) is 23.8. The summed E-state index contributed by atoms with van der Waals surface area (Å²) in [5.74, 6) is 0.944. The molecule has 21 heavy (non-hydrogen) atoms. The number of nitrogens with two attached hydrogens (primary N) is 1. The zero-order chi connectivity index (χ0) is 14.7. The van der Waals surface area contributed by atoms with Crippen molar-refractivity contribution in [2.45, 2.75) is 56.7 Å². The van der Waals surface area contributed by atoms with Crippen molar-refractivity contribution in [1.29, 1.82) is 0 Å². The summed E-state index contributed by atoms with van der Waals surface area (Å²) < 4.78 is 13.4. The Morgan fingerprint density at radius 1 is 1.29 bits per heavy atom. The molecule has 1 spiro atoms. The minimum absolute atomic E-state index is 0.188. The highest BCUT2D eigenvalue weighted by atomic mass is 79.9. The van der Waals surface area contributed by atoms with Gasteiger partial charge in [0.2, 0.25) is 0 Å². The third-order valence-corrected chi connectivity index (χ3v) is 5.21. The van der Waals surface area contributed by atoms with Crippen molar-refractivity contribution in [3.63, 3.8) is 0 Å². The molecule has 1 saturated carbocycles. The molecule has 1 aromatic rings. The van der Waals surface area contributed by atoms with E-state index in [1.807, 2.05) is 12.1 Å². The second-order valence-electron chi connectivity index (χ2n) is 6.27. The first-order chi connectivity index (χ1) is 10.2. The van der Waals surface area contributed by atoms with Crippen LogP contribution >= 0.6 is 15.9 Å². The third kappa shape index (κ3) is 3.61. The highest BCUT2D eigenvalue weighted by Gasteiger charge is 2.42. The molecule has 1 unspecified atom stereocenters. The fourth-order valence-electron chi connectivity index (χ4n) is 3.62. The zero-order valence-electron chi connectivity index (χ0n) is 12.4. The SMILES string of the molecule is NCCc1cc(Br)ccc1OCC1CCC2(CCCC2)O1. The molecule has 2 aliphatic rings. The van der Waals surface area contributed by atoms with E-state index in [2.05, 4.69) is 22.0 Å². The predicted molar refractivity (Wildman–Crippen MR) is 87.7 cm³/mol. The van der Waals surface area contributed by atoms with Crippen LogP contribution in [0.2, 0.25) is 0 Å². The van der Waals surface area contributed by atoms with Crippen molar-refractivity contribution in [2.24, 2.45) is 5.73 Å². The Kier molecular flexibility index (Phi) is 4.87. The van der Waals surface area contributed by atoms with Gasteiger partial charge in [0.25, 0.3) is 0 Å². The van der Waals surface area contributed by atoms with E-state index in [0.29, 0.717) is 13.2 Å². The van der Waals surface area contributed by atoms with E-state index < -0.39 is 0 Å². The molecule has 1 aromatic carbocycles. The molecule has 116 valence electrons. The second-order valence-corrected chi connectivity index (χ2v) is 7.19. The lowest BCUT2D eigenvalue weighted by Crippen LogP contribution is -2.27. The smallest absolute Gasteiger partial charge is 0.122 e. The molecule has 0 amide bonds. The Morgan fingerprint density at radius 3 is 2.86 bits per heavy atom. The monoisotopic (exact) mass is 353 g/mol. The van der Waals surface area contributed by atoms with E-state index in [0.717, 1.165) is 23.1 Å². The Labute approximate surface area is 135 Å². The molecule has 3 nitrogen and oxygen atoms in total. The Balaban J connectivity index is 1.58. The molecule has 1 heterocycles. The van der Waals surface area contributed by atoms with Crippen LogP contribution in [-0.2, 0) is 11.2 Å². The molecule has 3 rings (SSSR count). The number of rotatable bonds is 5. The van der Waals surface area contributed by atoms with Crippen molar-refractivity contribution >= 4 is 15.9 Å². The van der Waals surface area contributed by atoms with E-state index in [1.165, 1.54) is 37.7 Å². The molecular formula is C17H24BrNO2. The van der Waals surface area contributed by atoms with Gasteiger partial charge in [0.05, 0.1) is 11.7 Å². The molecule has 0 radical (unpaired) electrons. The minimum atomic E-state index is 0.188. The lowest BCUT2D eigenvalue weighted by atomic mass is 9.98. The first-order valence-corrected chi connectivity index (χ1v) is 8.79. The van der Waals surface area contributed by atoms with Gasteiger partial charge < -0.3 is 15.2 Å². The summed E-state index contributed by atoms with van der Waals surface area (Å²) >= 11 is 3.50. The van der Waals surface area contributed by atoms with Crippen LogP contribution in [0.15, 0.2) is 22.7 Å². The molecule has 0 bridgehead atoms. The fraction of sp³-hybridized carbons (Fsp3) is 0.647. The number of ether oxygens (including phenoxy) is 2. The van der Waals surface area contributed by atoms with E-state index in [9.17, 15) is 0 Å². The summed E-state index contributed by atoms with van der Waals surface area (Å²) in [6.07, 6.45) is 8.53. The van der Waals surface area contributed by atoms with Crippen LogP contribution in [0.1, 0.15) is 44.1 Å². The van der Waals surface area contributed by atoms with Crippen LogP contribution in [0.3, 0.4) is 0 Å². The second kappa shape index (κ2) is 6.67. The van der Waals surface area contributed by atoms with Crippen molar-refractivity contribution in [1.82, 2.24) is 0 Å². The van der Waals surface area contributed by atoms with Gasteiger partial charge in [-0.3, -0.25) is 0 Å². The quantitative estimate of drug-likeness (QED) is 0.874. The first-order valence-electron chi connectivity index (χ1n) is 8.00. The molecule has 0 aromatic heterocycles. The number of benzene rings is 1. The van der Waals surface area contributed by atoms with Gasteiger partial charge in [0, 0.05) is 4.47 Å². The summed E-state index contributed by atoms with van der Waals surface area (Å²) in [7, 11) is 0. The van der Waals surface area contributed by atoms with Gasteiger partial charge >= 0.3 is 0 Å². The van der Waals surface area contributed by atoms with Crippen molar-refractivity contribution in [3.05, 3.63) is 28.2 Å².